The van der Waals surface area contributed by atoms with Crippen LogP contribution in [0.3, 0.4) is 0 Å². The van der Waals surface area contributed by atoms with E-state index in [-0.39, 0.29) is 0 Å². The summed E-state index contributed by atoms with van der Waals surface area (Å²) in [6.07, 6.45) is 7.84. The van der Waals surface area contributed by atoms with Gasteiger partial charge < -0.3 is 4.42 Å². The van der Waals surface area contributed by atoms with Crippen LogP contribution in [0.1, 0.15) is 11.5 Å². The number of oxazole rings is 1. The Bertz CT molecular complexity index is 214. The topological polar surface area (TPSA) is 27.3 Å². The van der Waals surface area contributed by atoms with Crippen LogP contribution in [0.25, 0.3) is 0 Å². The molecule has 1 aromatic rings. The maximum atomic E-state index is 5.15. The molecule has 2 nitrogen and oxygen atoms in total. The summed E-state index contributed by atoms with van der Waals surface area (Å²) in [7, 11) is 0. The fraction of sp³-hybridized carbons (Fsp3) is 0.286. The van der Waals surface area contributed by atoms with Crippen molar-refractivity contribution in [2.45, 2.75) is 12.8 Å². The Morgan fingerprint density at radius 1 is 1.33 bits per heavy atom. The summed E-state index contributed by atoms with van der Waals surface area (Å²) in [4.78, 5) is 3.04. The highest BCUT2D eigenvalue weighted by Crippen LogP contribution is 2.10. The molecule has 2 heteroatoms. The van der Waals surface area contributed by atoms with Crippen molar-refractivity contribution in [2.24, 2.45) is 0 Å². The lowest BCUT2D eigenvalue weighted by Crippen LogP contribution is -2.07. The lowest BCUT2D eigenvalue weighted by Gasteiger charge is -1.93. The highest BCUT2D eigenvalue weighted by molar-refractivity contribution is 5.14. The highest BCUT2D eigenvalue weighted by atomic mass is 16.3. The molecule has 0 spiro atoms. The number of aromatic amines is 1. The average molecular weight is 122 g/mol. The summed E-state index contributed by atoms with van der Waals surface area (Å²) < 4.78 is 5.15. The van der Waals surface area contributed by atoms with E-state index in [1.807, 2.05) is 0 Å². The molecule has 9 heavy (non-hydrogen) atoms. The lowest BCUT2D eigenvalue weighted by atomic mass is 10.1. The van der Waals surface area contributed by atoms with Gasteiger partial charge in [0, 0.05) is 6.42 Å². The number of H-pyrrole nitrogens is 1. The zero-order valence-corrected chi connectivity index (χ0v) is 5.05. The minimum absolute atomic E-state index is 0.943. The van der Waals surface area contributed by atoms with Crippen molar-refractivity contribution in [1.29, 1.82) is 0 Å². The van der Waals surface area contributed by atoms with E-state index in [0.717, 1.165) is 18.6 Å². The summed E-state index contributed by atoms with van der Waals surface area (Å²) in [5, 5.41) is 0. The van der Waals surface area contributed by atoms with Gasteiger partial charge in [-0.05, 0) is 0 Å². The number of nitrogens with one attached hydrogen (secondary N) is 1. The molecule has 2 rings (SSSR count). The van der Waals surface area contributed by atoms with Crippen molar-refractivity contribution >= 4 is 0 Å². The fourth-order valence-electron chi connectivity index (χ4n) is 1.06. The molecule has 0 saturated carbocycles. The van der Waals surface area contributed by atoms with Crippen molar-refractivity contribution in [3.8, 4) is 0 Å². The van der Waals surface area contributed by atoms with Crippen molar-refractivity contribution in [3.63, 3.8) is 0 Å². The Morgan fingerprint density at radius 2 is 2.22 bits per heavy atom. The van der Waals surface area contributed by atoms with Crippen LogP contribution in [0.4, 0.5) is 0 Å². The molecular weight excluding hydrogens is 114 g/mol. The predicted octanol–water partition coefficient (Wildman–Crippen LogP) is 0.749. The van der Waals surface area contributed by atoms with Crippen LogP contribution in [0, 0.1) is 0 Å². The first-order chi connectivity index (χ1) is 4.47. The second kappa shape index (κ2) is 1.72. The zero-order valence-electron chi connectivity index (χ0n) is 5.05. The van der Waals surface area contributed by atoms with Crippen LogP contribution in [0.2, 0.25) is 0 Å². The number of aromatic nitrogens is 1. The molecule has 0 saturated heterocycles. The molecule has 0 atom stereocenters. The van der Waals surface area contributed by atoms with Crippen molar-refractivity contribution in [2.75, 3.05) is 0 Å². The molecule has 1 aromatic heterocycles. The molecule has 0 radical (unpaired) electrons. The summed E-state index contributed by atoms with van der Waals surface area (Å²) >= 11 is 0. The standard InChI is InChI=1S/C7H7NO/c1-2-4-7-6(3-1)8-5-9-7/h1-2,5H,3-4H2/p+1. The van der Waals surface area contributed by atoms with Crippen LogP contribution >= 0.6 is 0 Å². The second-order valence-electron chi connectivity index (χ2n) is 2.16. The average Bonchev–Trinajstić information content (AvgIpc) is 2.33. The molecule has 0 fully saturated rings. The third kappa shape index (κ3) is 0.669. The molecular formula is C7H8NO+. The summed E-state index contributed by atoms with van der Waals surface area (Å²) in [5.74, 6) is 1.08. The van der Waals surface area contributed by atoms with Gasteiger partial charge >= 0.3 is 6.39 Å². The van der Waals surface area contributed by atoms with Gasteiger partial charge in [0.05, 0.1) is 6.42 Å². The van der Waals surface area contributed by atoms with Gasteiger partial charge in [-0.15, -0.1) is 0 Å². The van der Waals surface area contributed by atoms with Crippen LogP contribution in [-0.2, 0) is 12.8 Å². The summed E-state index contributed by atoms with van der Waals surface area (Å²) in [6, 6.07) is 0. The van der Waals surface area contributed by atoms with Gasteiger partial charge in [-0.3, -0.25) is 0 Å². The Hall–Kier alpha value is -1.05. The van der Waals surface area contributed by atoms with Gasteiger partial charge in [-0.1, -0.05) is 12.2 Å². The van der Waals surface area contributed by atoms with Crippen molar-refractivity contribution in [3.05, 3.63) is 30.0 Å². The van der Waals surface area contributed by atoms with E-state index in [9.17, 15) is 0 Å². The molecule has 1 aliphatic carbocycles. The van der Waals surface area contributed by atoms with Gasteiger partial charge in [0.15, 0.2) is 5.76 Å². The first-order valence-electron chi connectivity index (χ1n) is 3.09. The predicted molar refractivity (Wildman–Crippen MR) is 31.8 cm³/mol. The number of hydrogen-bond acceptors (Lipinski definition) is 1. The maximum Gasteiger partial charge on any atom is 0.333 e. The minimum Gasteiger partial charge on any atom is -0.408 e. The molecule has 0 unspecified atom stereocenters. The molecule has 46 valence electrons. The number of hydrogen-bond donors (Lipinski definition) is 0. The SMILES string of the molecule is C1=CCc2oc[nH+]c2C1. The van der Waals surface area contributed by atoms with E-state index in [0.29, 0.717) is 0 Å². The summed E-state index contributed by atoms with van der Waals surface area (Å²) in [5.41, 5.74) is 1.22. The van der Waals surface area contributed by atoms with Gasteiger partial charge in [0.2, 0.25) is 5.69 Å². The lowest BCUT2D eigenvalue weighted by molar-refractivity contribution is -0.394. The van der Waals surface area contributed by atoms with Crippen LogP contribution in [-0.4, -0.2) is 0 Å². The zero-order chi connectivity index (χ0) is 6.10. The molecule has 1 heterocycles. The third-order valence-electron chi connectivity index (χ3n) is 1.56. The quantitative estimate of drug-likeness (QED) is 0.466. The van der Waals surface area contributed by atoms with Gasteiger partial charge in [0.1, 0.15) is 0 Å². The van der Waals surface area contributed by atoms with Crippen LogP contribution in [0.15, 0.2) is 23.0 Å². The van der Waals surface area contributed by atoms with Gasteiger partial charge in [-0.25, -0.2) is 0 Å². The van der Waals surface area contributed by atoms with Crippen LogP contribution in [0.5, 0.6) is 0 Å². The smallest absolute Gasteiger partial charge is 0.333 e. The molecule has 0 amide bonds. The number of allylic oxidation sites excluding steroid dienone is 2. The molecule has 1 N–H and O–H groups in total. The fourth-order valence-corrected chi connectivity index (χ4v) is 1.06. The second-order valence-corrected chi connectivity index (χ2v) is 2.16. The van der Waals surface area contributed by atoms with Gasteiger partial charge in [-0.2, -0.15) is 4.98 Å². The maximum absolute atomic E-state index is 5.15. The first kappa shape index (κ1) is 4.79. The first-order valence-corrected chi connectivity index (χ1v) is 3.09. The van der Waals surface area contributed by atoms with E-state index in [1.165, 1.54) is 5.69 Å². The molecule has 0 aromatic carbocycles. The molecule has 0 bridgehead atoms. The molecule has 0 aliphatic heterocycles. The Kier molecular flexibility index (Phi) is 0.918. The Labute approximate surface area is 53.2 Å². The normalized spacial score (nSPS) is 15.6. The summed E-state index contributed by atoms with van der Waals surface area (Å²) in [6.45, 7) is 0. The monoisotopic (exact) mass is 122 g/mol. The van der Waals surface area contributed by atoms with E-state index in [4.69, 9.17) is 4.42 Å². The minimum atomic E-state index is 0.943. The molecule has 1 aliphatic rings. The third-order valence-corrected chi connectivity index (χ3v) is 1.56. The largest absolute Gasteiger partial charge is 0.408 e. The van der Waals surface area contributed by atoms with E-state index < -0.39 is 0 Å². The Morgan fingerprint density at radius 3 is 3.11 bits per heavy atom. The highest BCUT2D eigenvalue weighted by Gasteiger charge is 2.13. The van der Waals surface area contributed by atoms with Gasteiger partial charge in [0.25, 0.3) is 0 Å². The van der Waals surface area contributed by atoms with Crippen molar-refractivity contribution < 1.29 is 9.40 Å². The Balaban J connectivity index is 2.46. The van der Waals surface area contributed by atoms with E-state index >= 15 is 0 Å². The van der Waals surface area contributed by atoms with E-state index in [1.54, 1.807) is 6.39 Å². The number of fused-ring (bicyclic) bond motifs is 1. The number of rotatable bonds is 0. The van der Waals surface area contributed by atoms with E-state index in [2.05, 4.69) is 17.1 Å². The van der Waals surface area contributed by atoms with Crippen LogP contribution < -0.4 is 4.98 Å². The van der Waals surface area contributed by atoms with Crippen molar-refractivity contribution in [1.82, 2.24) is 0 Å².